The first-order chi connectivity index (χ1) is 4.91. The van der Waals surface area contributed by atoms with Crippen LogP contribution in [0.5, 0.6) is 0 Å². The fourth-order valence-corrected chi connectivity index (χ4v) is 1.53. The summed E-state index contributed by atoms with van der Waals surface area (Å²) in [5.74, 6) is 0. The second-order valence-electron chi connectivity index (χ2n) is 2.98. The number of nitrogens with one attached hydrogen (secondary N) is 1. The third kappa shape index (κ3) is 1.05. The van der Waals surface area contributed by atoms with Crippen molar-refractivity contribution in [1.29, 1.82) is 0 Å². The second-order valence-corrected chi connectivity index (χ2v) is 2.98. The zero-order chi connectivity index (χ0) is 6.86. The maximum atomic E-state index is 5.19. The Morgan fingerprint density at radius 2 is 2.10 bits per heavy atom. The molecular weight excluding hydrogens is 130 g/mol. The molecule has 0 aromatic rings. The average molecular weight is 142 g/mol. The molecule has 0 atom stereocenters. The minimum Gasteiger partial charge on any atom is -0.317 e. The molecule has 2 aliphatic rings. The highest BCUT2D eigenvalue weighted by Crippen LogP contribution is 2.33. The Morgan fingerprint density at radius 1 is 1.30 bits per heavy atom. The van der Waals surface area contributed by atoms with Crippen molar-refractivity contribution < 1.29 is 9.78 Å². The summed E-state index contributed by atoms with van der Waals surface area (Å²) in [6.45, 7) is 3.86. The van der Waals surface area contributed by atoms with E-state index in [1.54, 1.807) is 6.61 Å². The second kappa shape index (κ2) is 2.49. The molecule has 2 rings (SSSR count). The molecule has 2 aliphatic heterocycles. The third-order valence-corrected chi connectivity index (χ3v) is 2.26. The summed E-state index contributed by atoms with van der Waals surface area (Å²) >= 11 is 0. The van der Waals surface area contributed by atoms with Gasteiger partial charge in [-0.15, -0.1) is 0 Å². The SMILES string of the molecule is [CH]1CC2(CCNCC2)OO1. The number of rotatable bonds is 0. The Kier molecular flexibility index (Phi) is 1.64. The Morgan fingerprint density at radius 3 is 2.70 bits per heavy atom. The molecule has 0 saturated carbocycles. The van der Waals surface area contributed by atoms with Crippen molar-refractivity contribution in [2.45, 2.75) is 24.9 Å². The average Bonchev–Trinajstić information content (AvgIpc) is 2.39. The van der Waals surface area contributed by atoms with E-state index >= 15 is 0 Å². The molecule has 0 aromatic heterocycles. The van der Waals surface area contributed by atoms with Crippen LogP contribution in [0, 0.1) is 6.61 Å². The van der Waals surface area contributed by atoms with Crippen molar-refractivity contribution in [2.75, 3.05) is 13.1 Å². The maximum Gasteiger partial charge on any atom is 0.125 e. The molecule has 0 aromatic carbocycles. The minimum atomic E-state index is 0.0330. The third-order valence-electron chi connectivity index (χ3n) is 2.26. The predicted molar refractivity (Wildman–Crippen MR) is 35.9 cm³/mol. The van der Waals surface area contributed by atoms with E-state index < -0.39 is 0 Å². The van der Waals surface area contributed by atoms with Gasteiger partial charge in [0.25, 0.3) is 0 Å². The van der Waals surface area contributed by atoms with Gasteiger partial charge in [-0.1, -0.05) is 0 Å². The molecular formula is C7H12NO2. The summed E-state index contributed by atoms with van der Waals surface area (Å²) < 4.78 is 0. The maximum absolute atomic E-state index is 5.19. The van der Waals surface area contributed by atoms with Gasteiger partial charge < -0.3 is 5.32 Å². The molecule has 0 bridgehead atoms. The van der Waals surface area contributed by atoms with Crippen LogP contribution in [0.3, 0.4) is 0 Å². The summed E-state index contributed by atoms with van der Waals surface area (Å²) in [5.41, 5.74) is 0.0330. The highest BCUT2D eigenvalue weighted by Gasteiger charge is 2.38. The van der Waals surface area contributed by atoms with Crippen LogP contribution in [0.25, 0.3) is 0 Å². The monoisotopic (exact) mass is 142 g/mol. The van der Waals surface area contributed by atoms with E-state index in [-0.39, 0.29) is 5.60 Å². The molecule has 1 spiro atoms. The van der Waals surface area contributed by atoms with E-state index in [9.17, 15) is 0 Å². The van der Waals surface area contributed by atoms with E-state index in [0.29, 0.717) is 0 Å². The fourth-order valence-electron chi connectivity index (χ4n) is 1.53. The molecule has 1 N–H and O–H groups in total. The molecule has 57 valence electrons. The zero-order valence-corrected chi connectivity index (χ0v) is 5.93. The molecule has 0 aliphatic carbocycles. The largest absolute Gasteiger partial charge is 0.317 e. The molecule has 1 radical (unpaired) electrons. The molecule has 2 heterocycles. The van der Waals surface area contributed by atoms with Gasteiger partial charge in [-0.25, -0.2) is 9.78 Å². The number of hydrogen-bond acceptors (Lipinski definition) is 3. The van der Waals surface area contributed by atoms with Crippen LogP contribution in [-0.4, -0.2) is 18.7 Å². The quantitative estimate of drug-likeness (QED) is 0.503. The van der Waals surface area contributed by atoms with E-state index in [1.807, 2.05) is 0 Å². The van der Waals surface area contributed by atoms with Crippen LogP contribution in [-0.2, 0) is 9.78 Å². The topological polar surface area (TPSA) is 30.5 Å². The summed E-state index contributed by atoms with van der Waals surface area (Å²) in [6, 6.07) is 0. The lowest BCUT2D eigenvalue weighted by molar-refractivity contribution is -0.300. The molecule has 0 amide bonds. The van der Waals surface area contributed by atoms with Crippen LogP contribution in [0.2, 0.25) is 0 Å². The van der Waals surface area contributed by atoms with E-state index in [2.05, 4.69) is 5.32 Å². The predicted octanol–water partition coefficient (Wildman–Crippen LogP) is 0.622. The number of hydrogen-bond donors (Lipinski definition) is 1. The minimum absolute atomic E-state index is 0.0330. The summed E-state index contributed by atoms with van der Waals surface area (Å²) in [4.78, 5) is 9.97. The molecule has 10 heavy (non-hydrogen) atoms. The lowest BCUT2D eigenvalue weighted by Gasteiger charge is -2.29. The Hall–Kier alpha value is -0.120. The first kappa shape index (κ1) is 6.58. The van der Waals surface area contributed by atoms with Gasteiger partial charge in [-0.2, -0.15) is 0 Å². The molecule has 2 saturated heterocycles. The summed E-state index contributed by atoms with van der Waals surface area (Å²) in [7, 11) is 0. The first-order valence-electron chi connectivity index (χ1n) is 3.78. The van der Waals surface area contributed by atoms with E-state index in [0.717, 1.165) is 32.4 Å². The lowest BCUT2D eigenvalue weighted by Crippen LogP contribution is -2.41. The van der Waals surface area contributed by atoms with E-state index in [4.69, 9.17) is 9.78 Å². The van der Waals surface area contributed by atoms with Crippen LogP contribution in [0.15, 0.2) is 0 Å². The van der Waals surface area contributed by atoms with Crippen molar-refractivity contribution >= 4 is 0 Å². The van der Waals surface area contributed by atoms with Crippen LogP contribution in [0.4, 0.5) is 0 Å². The summed E-state index contributed by atoms with van der Waals surface area (Å²) in [6.07, 6.45) is 3.10. The van der Waals surface area contributed by atoms with Gasteiger partial charge in [0.1, 0.15) is 12.2 Å². The standard InChI is InChI=1S/C7H12NO2/c1-4-8-5-2-7(1)3-6-9-10-7/h6,8H,1-5H2. The molecule has 3 heteroatoms. The van der Waals surface area contributed by atoms with E-state index in [1.165, 1.54) is 0 Å². The molecule has 3 nitrogen and oxygen atoms in total. The van der Waals surface area contributed by atoms with Crippen molar-refractivity contribution in [1.82, 2.24) is 5.32 Å². The van der Waals surface area contributed by atoms with Gasteiger partial charge in [0.2, 0.25) is 0 Å². The Bertz CT molecular complexity index is 113. The van der Waals surface area contributed by atoms with Gasteiger partial charge in [-0.05, 0) is 25.9 Å². The van der Waals surface area contributed by atoms with Crippen LogP contribution >= 0.6 is 0 Å². The fraction of sp³-hybridized carbons (Fsp3) is 0.857. The zero-order valence-electron chi connectivity index (χ0n) is 5.93. The van der Waals surface area contributed by atoms with Crippen LogP contribution in [0.1, 0.15) is 19.3 Å². The van der Waals surface area contributed by atoms with Gasteiger partial charge >= 0.3 is 0 Å². The lowest BCUT2D eigenvalue weighted by atomic mass is 9.90. The highest BCUT2D eigenvalue weighted by molar-refractivity contribution is 4.89. The number of piperidine rings is 1. The van der Waals surface area contributed by atoms with Crippen molar-refractivity contribution in [2.24, 2.45) is 0 Å². The van der Waals surface area contributed by atoms with Gasteiger partial charge in [-0.3, -0.25) is 0 Å². The highest BCUT2D eigenvalue weighted by atomic mass is 17.2. The van der Waals surface area contributed by atoms with Crippen molar-refractivity contribution in [3.63, 3.8) is 0 Å². The van der Waals surface area contributed by atoms with Crippen molar-refractivity contribution in [3.05, 3.63) is 6.61 Å². The normalized spacial score (nSPS) is 31.2. The van der Waals surface area contributed by atoms with Gasteiger partial charge in [0, 0.05) is 6.42 Å². The molecule has 2 fully saturated rings. The first-order valence-corrected chi connectivity index (χ1v) is 3.78. The van der Waals surface area contributed by atoms with Crippen molar-refractivity contribution in [3.8, 4) is 0 Å². The van der Waals surface area contributed by atoms with Gasteiger partial charge in [0.05, 0.1) is 0 Å². The molecule has 0 unspecified atom stereocenters. The Labute approximate surface area is 60.6 Å². The summed E-state index contributed by atoms with van der Waals surface area (Å²) in [5, 5.41) is 3.29. The smallest absolute Gasteiger partial charge is 0.125 e. The van der Waals surface area contributed by atoms with Gasteiger partial charge in [0.15, 0.2) is 0 Å². The Balaban J connectivity index is 1.98. The van der Waals surface area contributed by atoms with Crippen LogP contribution < -0.4 is 5.32 Å².